The van der Waals surface area contributed by atoms with Crippen LogP contribution in [0.25, 0.3) is 11.2 Å². The molecule has 1 unspecified atom stereocenters. The second-order valence-corrected chi connectivity index (χ2v) is 6.81. The molecule has 26 heavy (non-hydrogen) atoms. The van der Waals surface area contributed by atoms with E-state index in [1.807, 2.05) is 11.5 Å². The highest BCUT2D eigenvalue weighted by Crippen LogP contribution is 2.27. The van der Waals surface area contributed by atoms with Gasteiger partial charge in [0.25, 0.3) is 6.01 Å². The number of fused-ring (bicyclic) bond motifs is 1. The molecule has 0 amide bonds. The van der Waals surface area contributed by atoms with Crippen molar-refractivity contribution in [3.8, 4) is 12.0 Å². The van der Waals surface area contributed by atoms with E-state index >= 15 is 0 Å². The van der Waals surface area contributed by atoms with Crippen LogP contribution >= 0.6 is 0 Å². The van der Waals surface area contributed by atoms with Crippen LogP contribution in [0.15, 0.2) is 0 Å². The van der Waals surface area contributed by atoms with E-state index in [-0.39, 0.29) is 18.2 Å². The molecule has 1 aliphatic rings. The Labute approximate surface area is 154 Å². The zero-order chi connectivity index (χ0) is 18.5. The van der Waals surface area contributed by atoms with Crippen molar-refractivity contribution in [2.75, 3.05) is 19.5 Å². The highest BCUT2D eigenvalue weighted by atomic mass is 16.5. The van der Waals surface area contributed by atoms with Gasteiger partial charge in [0, 0.05) is 13.2 Å². The van der Waals surface area contributed by atoms with E-state index in [1.165, 1.54) is 6.42 Å². The number of rotatable bonds is 8. The van der Waals surface area contributed by atoms with Crippen LogP contribution in [0.2, 0.25) is 0 Å². The van der Waals surface area contributed by atoms with Crippen LogP contribution in [0.4, 0.5) is 5.82 Å². The van der Waals surface area contributed by atoms with Gasteiger partial charge in [0.1, 0.15) is 0 Å². The Morgan fingerprint density at radius 3 is 2.85 bits per heavy atom. The predicted octanol–water partition coefficient (Wildman–Crippen LogP) is 2.94. The Balaban J connectivity index is 1.85. The van der Waals surface area contributed by atoms with Gasteiger partial charge in [-0.15, -0.1) is 0 Å². The summed E-state index contributed by atoms with van der Waals surface area (Å²) in [5, 5.41) is 0. The molecule has 0 aliphatic carbocycles. The first-order valence-corrected chi connectivity index (χ1v) is 9.48. The fraction of sp³-hybridized carbons (Fsp3) is 0.722. The molecule has 2 atom stereocenters. The zero-order valence-electron chi connectivity index (χ0n) is 15.9. The minimum atomic E-state index is 0.0331. The number of anilines is 1. The molecule has 0 aromatic carbocycles. The van der Waals surface area contributed by atoms with Crippen molar-refractivity contribution in [3.05, 3.63) is 0 Å². The van der Waals surface area contributed by atoms with E-state index in [2.05, 4.69) is 21.9 Å². The predicted molar refractivity (Wildman–Crippen MR) is 99.5 cm³/mol. The molecule has 3 heterocycles. The molecule has 0 radical (unpaired) electrons. The number of hydrogen-bond acceptors (Lipinski definition) is 7. The quantitative estimate of drug-likeness (QED) is 0.770. The second kappa shape index (κ2) is 8.53. The minimum Gasteiger partial charge on any atom is -0.468 e. The first-order chi connectivity index (χ1) is 12.6. The van der Waals surface area contributed by atoms with Gasteiger partial charge in [-0.2, -0.15) is 15.0 Å². The van der Waals surface area contributed by atoms with Crippen molar-refractivity contribution in [1.82, 2.24) is 19.5 Å². The molecular formula is C18H29N5O3. The Hall–Kier alpha value is -2.09. The minimum absolute atomic E-state index is 0.0331. The number of nitrogen functional groups attached to an aromatic ring is 1. The maximum atomic E-state index is 6.10. The van der Waals surface area contributed by atoms with E-state index in [1.54, 1.807) is 7.11 Å². The Morgan fingerprint density at radius 1 is 1.31 bits per heavy atom. The molecule has 2 aromatic heterocycles. The van der Waals surface area contributed by atoms with Crippen LogP contribution in [-0.4, -0.2) is 45.4 Å². The SMILES string of the molecule is CCC[C@H](C)Oc1nc(N)c2nc(OC)n(CCC3CCCCO3)c2n1. The third-order valence-corrected chi connectivity index (χ3v) is 4.70. The molecule has 8 heteroatoms. The summed E-state index contributed by atoms with van der Waals surface area (Å²) in [4.78, 5) is 13.3. The van der Waals surface area contributed by atoms with Crippen LogP contribution in [0.3, 0.4) is 0 Å². The van der Waals surface area contributed by atoms with E-state index in [0.717, 1.165) is 38.7 Å². The highest BCUT2D eigenvalue weighted by molar-refractivity contribution is 5.83. The Morgan fingerprint density at radius 2 is 2.15 bits per heavy atom. The van der Waals surface area contributed by atoms with Crippen LogP contribution in [0.5, 0.6) is 12.0 Å². The van der Waals surface area contributed by atoms with E-state index in [9.17, 15) is 0 Å². The lowest BCUT2D eigenvalue weighted by Crippen LogP contribution is -2.21. The first kappa shape index (κ1) is 18.7. The molecular weight excluding hydrogens is 334 g/mol. The molecule has 0 spiro atoms. The first-order valence-electron chi connectivity index (χ1n) is 9.48. The maximum Gasteiger partial charge on any atom is 0.320 e. The lowest BCUT2D eigenvalue weighted by atomic mass is 10.1. The number of nitrogens with zero attached hydrogens (tertiary/aromatic N) is 4. The number of hydrogen-bond donors (Lipinski definition) is 1. The van der Waals surface area contributed by atoms with Crippen LogP contribution in [-0.2, 0) is 11.3 Å². The standard InChI is InChI=1S/C18H29N5O3/c1-4-7-12(2)26-17-21-15(19)14-16(22-17)23(18(20-14)24-3)10-9-13-8-5-6-11-25-13/h12-13H,4-11H2,1-3H3,(H2,19,21,22)/t12-,13?/m0/s1. The number of aryl methyl sites for hydroxylation is 1. The van der Waals surface area contributed by atoms with Crippen molar-refractivity contribution in [2.45, 2.75) is 71.1 Å². The number of ether oxygens (including phenoxy) is 3. The van der Waals surface area contributed by atoms with Crippen molar-refractivity contribution in [3.63, 3.8) is 0 Å². The van der Waals surface area contributed by atoms with Crippen molar-refractivity contribution < 1.29 is 14.2 Å². The summed E-state index contributed by atoms with van der Waals surface area (Å²) in [5.41, 5.74) is 7.28. The van der Waals surface area contributed by atoms with E-state index in [0.29, 0.717) is 29.5 Å². The van der Waals surface area contributed by atoms with Gasteiger partial charge in [0.2, 0.25) is 0 Å². The van der Waals surface area contributed by atoms with E-state index < -0.39 is 0 Å². The topological polar surface area (TPSA) is 97.3 Å². The molecule has 2 aromatic rings. The van der Waals surface area contributed by atoms with Gasteiger partial charge < -0.3 is 19.9 Å². The number of aromatic nitrogens is 4. The molecule has 0 bridgehead atoms. The second-order valence-electron chi connectivity index (χ2n) is 6.81. The van der Waals surface area contributed by atoms with Crippen LogP contribution < -0.4 is 15.2 Å². The number of imidazole rings is 1. The molecule has 144 valence electrons. The van der Waals surface area contributed by atoms with Gasteiger partial charge in [-0.3, -0.25) is 4.57 Å². The van der Waals surface area contributed by atoms with Crippen molar-refractivity contribution >= 4 is 17.0 Å². The summed E-state index contributed by atoms with van der Waals surface area (Å²) in [5.74, 6) is 0.305. The molecule has 3 rings (SSSR count). The number of nitrogens with two attached hydrogens (primary N) is 1. The molecule has 8 nitrogen and oxygen atoms in total. The normalized spacial score (nSPS) is 18.8. The monoisotopic (exact) mass is 363 g/mol. The molecule has 0 saturated carbocycles. The fourth-order valence-corrected chi connectivity index (χ4v) is 3.34. The summed E-state index contributed by atoms with van der Waals surface area (Å²) in [6, 6.07) is 0.768. The third-order valence-electron chi connectivity index (χ3n) is 4.70. The summed E-state index contributed by atoms with van der Waals surface area (Å²) in [7, 11) is 1.60. The van der Waals surface area contributed by atoms with Crippen LogP contribution in [0, 0.1) is 0 Å². The fourth-order valence-electron chi connectivity index (χ4n) is 3.34. The lowest BCUT2D eigenvalue weighted by Gasteiger charge is -2.22. The average Bonchev–Trinajstić information content (AvgIpc) is 2.99. The van der Waals surface area contributed by atoms with Gasteiger partial charge >= 0.3 is 6.01 Å². The van der Waals surface area contributed by atoms with Gasteiger partial charge in [-0.1, -0.05) is 13.3 Å². The van der Waals surface area contributed by atoms with Gasteiger partial charge in [0.05, 0.1) is 19.3 Å². The van der Waals surface area contributed by atoms with Gasteiger partial charge in [-0.05, 0) is 39.0 Å². The van der Waals surface area contributed by atoms with Gasteiger partial charge in [0.15, 0.2) is 17.0 Å². The molecule has 1 fully saturated rings. The number of methoxy groups -OCH3 is 1. The van der Waals surface area contributed by atoms with Crippen molar-refractivity contribution in [1.29, 1.82) is 0 Å². The summed E-state index contributed by atoms with van der Waals surface area (Å²) in [6.45, 7) is 5.66. The third kappa shape index (κ3) is 4.17. The molecule has 2 N–H and O–H groups in total. The Kier molecular flexibility index (Phi) is 6.13. The van der Waals surface area contributed by atoms with Crippen LogP contribution in [0.1, 0.15) is 52.4 Å². The Bertz CT molecular complexity index is 727. The summed E-state index contributed by atoms with van der Waals surface area (Å²) >= 11 is 0. The highest BCUT2D eigenvalue weighted by Gasteiger charge is 2.20. The van der Waals surface area contributed by atoms with Crippen molar-refractivity contribution in [2.24, 2.45) is 0 Å². The zero-order valence-corrected chi connectivity index (χ0v) is 15.9. The van der Waals surface area contributed by atoms with Gasteiger partial charge in [-0.25, -0.2) is 0 Å². The lowest BCUT2D eigenvalue weighted by molar-refractivity contribution is 0.00868. The summed E-state index contributed by atoms with van der Waals surface area (Å²) in [6.07, 6.45) is 6.61. The smallest absolute Gasteiger partial charge is 0.320 e. The summed E-state index contributed by atoms with van der Waals surface area (Å²) < 4.78 is 19.0. The molecule has 1 aliphatic heterocycles. The largest absolute Gasteiger partial charge is 0.468 e. The maximum absolute atomic E-state index is 6.10. The van der Waals surface area contributed by atoms with E-state index in [4.69, 9.17) is 19.9 Å². The average molecular weight is 363 g/mol. The molecule has 1 saturated heterocycles.